The van der Waals surface area contributed by atoms with Crippen molar-refractivity contribution in [3.05, 3.63) is 0 Å². The quantitative estimate of drug-likeness (QED) is 0.168. The molecule has 0 bridgehead atoms. The Morgan fingerprint density at radius 1 is 0.300 bits per heavy atom. The third-order valence-electron chi connectivity index (χ3n) is 9.33. The molecule has 40 heavy (non-hydrogen) atoms. The Labute approximate surface area is 263 Å². The fraction of sp³-hybridized carbons (Fsp3) is 0.875. The minimum Gasteiger partial charge on any atom is -0.106 e. The molecular weight excluding hydrogens is 609 g/mol. The molecule has 0 saturated heterocycles. The van der Waals surface area contributed by atoms with Gasteiger partial charge >= 0.3 is 0 Å². The Morgan fingerprint density at radius 3 is 0.550 bits per heavy atom. The second-order valence-corrected chi connectivity index (χ2v) is 65.8. The Morgan fingerprint density at radius 2 is 0.450 bits per heavy atom. The van der Waals surface area contributed by atoms with Crippen molar-refractivity contribution < 1.29 is 0 Å². The molecule has 0 heterocycles. The van der Waals surface area contributed by atoms with Crippen LogP contribution in [0.5, 0.6) is 0 Å². The zero-order chi connectivity index (χ0) is 33.0. The van der Waals surface area contributed by atoms with Crippen LogP contribution in [0.15, 0.2) is 0 Å². The smallest absolute Gasteiger partial charge is 0.0628 e. The van der Waals surface area contributed by atoms with E-state index in [-0.39, 0.29) is 9.32 Å². The van der Waals surface area contributed by atoms with E-state index in [1.54, 1.807) is 0 Å². The van der Waals surface area contributed by atoms with Crippen LogP contribution in [-0.4, -0.2) is 64.6 Å². The van der Waals surface area contributed by atoms with Gasteiger partial charge in [0.25, 0.3) is 0 Å². The van der Waals surface area contributed by atoms with Gasteiger partial charge in [-0.25, -0.2) is 0 Å². The van der Waals surface area contributed by atoms with Crippen LogP contribution in [0.4, 0.5) is 0 Å². The summed E-state index contributed by atoms with van der Waals surface area (Å²) in [6, 6.07) is 0. The third kappa shape index (κ3) is 8.31. The molecule has 0 amide bonds. The summed E-state index contributed by atoms with van der Waals surface area (Å²) in [5.41, 5.74) is 0. The van der Waals surface area contributed by atoms with E-state index in [0.717, 1.165) is 0 Å². The predicted octanol–water partition coefficient (Wildman–Crippen LogP) is 12.1. The van der Waals surface area contributed by atoms with Crippen molar-refractivity contribution in [2.75, 3.05) is 0 Å². The summed E-state index contributed by atoms with van der Waals surface area (Å²) in [7, 11) is -13.3. The van der Waals surface area contributed by atoms with Crippen molar-refractivity contribution in [3.8, 4) is 23.7 Å². The van der Waals surface area contributed by atoms with Crippen LogP contribution >= 0.6 is 0 Å². The van der Waals surface area contributed by atoms with Crippen molar-refractivity contribution in [1.82, 2.24) is 0 Å². The molecule has 0 aliphatic heterocycles. The van der Waals surface area contributed by atoms with Crippen molar-refractivity contribution in [2.45, 2.75) is 177 Å². The summed E-state index contributed by atoms with van der Waals surface area (Å²) in [5, 5.41) is 1.22. The highest BCUT2D eigenvalue weighted by Gasteiger charge is 2.71. The van der Waals surface area contributed by atoms with Gasteiger partial charge in [0.15, 0.2) is 0 Å². The Balaban J connectivity index is 8.77. The lowest BCUT2D eigenvalue weighted by Crippen LogP contribution is -2.71. The van der Waals surface area contributed by atoms with Gasteiger partial charge in [0.05, 0.1) is 64.6 Å². The number of rotatable bonds is 9. The maximum atomic E-state index is 4.51. The average Bonchev–Trinajstić information content (AvgIpc) is 2.53. The maximum Gasteiger partial charge on any atom is 0.0628 e. The molecule has 0 aromatic rings. The molecule has 0 unspecified atom stereocenters. The monoisotopic (exact) mass is 682 g/mol. The van der Waals surface area contributed by atoms with E-state index in [1.807, 2.05) is 0 Å². The number of hydrogen-bond acceptors (Lipinski definition) is 0. The van der Waals surface area contributed by atoms with Crippen LogP contribution in [0.2, 0.25) is 177 Å². The van der Waals surface area contributed by atoms with Gasteiger partial charge in [-0.15, -0.1) is 23.7 Å². The van der Waals surface area contributed by atoms with Crippen molar-refractivity contribution in [3.63, 3.8) is 0 Å². The normalized spacial score (nSPS) is 15.6. The summed E-state index contributed by atoms with van der Waals surface area (Å²) >= 11 is 0. The van der Waals surface area contributed by atoms with Gasteiger partial charge < -0.3 is 0 Å². The molecule has 0 nitrogen and oxygen atoms in total. The van der Waals surface area contributed by atoms with Gasteiger partial charge in [0.2, 0.25) is 0 Å². The molecule has 0 spiro atoms. The average molecular weight is 684 g/mol. The molecule has 0 aromatic carbocycles. The minimum absolute atomic E-state index is 0.0515. The first-order valence-corrected chi connectivity index (χ1v) is 44.3. The first-order chi connectivity index (χ1) is 16.9. The second kappa shape index (κ2) is 12.0. The topological polar surface area (TPSA) is 0 Å². The molecule has 0 rings (SSSR count). The van der Waals surface area contributed by atoms with Crippen molar-refractivity contribution >= 4 is 64.6 Å². The molecule has 8 heteroatoms. The summed E-state index contributed by atoms with van der Waals surface area (Å²) in [6.07, 6.45) is 0. The van der Waals surface area contributed by atoms with Gasteiger partial charge in [-0.2, -0.15) is 0 Å². The highest BCUT2D eigenvalue weighted by Crippen LogP contribution is 2.70. The predicted molar refractivity (Wildman–Crippen MR) is 215 cm³/mol. The molecule has 0 fully saturated rings. The van der Waals surface area contributed by atoms with E-state index in [1.165, 1.54) is 0 Å². The molecule has 0 saturated carbocycles. The SMILES string of the molecule is C[Si](C)(C)C(C#CC(C(C#CC([Si](C)(C)C)[Si](C)(C)C)([Si](C)(C)C)[Si](C)(C)C)([Si](C)(C)C)[Si](C)(C)C)[Si](C)(C)C. The van der Waals surface area contributed by atoms with E-state index in [2.05, 4.69) is 181 Å². The third-order valence-corrected chi connectivity index (χ3v) is 48.2. The van der Waals surface area contributed by atoms with Crippen LogP contribution in [0.3, 0.4) is 0 Å². The van der Waals surface area contributed by atoms with E-state index in [9.17, 15) is 0 Å². The van der Waals surface area contributed by atoms with Crippen LogP contribution < -0.4 is 0 Å². The molecule has 0 N–H and O–H groups in total. The van der Waals surface area contributed by atoms with Gasteiger partial charge in [-0.1, -0.05) is 157 Å². The summed E-state index contributed by atoms with van der Waals surface area (Å²) < 4.78 is 0.103. The van der Waals surface area contributed by atoms with Gasteiger partial charge in [0.1, 0.15) is 0 Å². The molecule has 0 atom stereocenters. The highest BCUT2D eigenvalue weighted by atomic mass is 28.4. The summed E-state index contributed by atoms with van der Waals surface area (Å²) in [6.45, 7) is 63.1. The number of hydrogen-bond donors (Lipinski definition) is 0. The Kier molecular flexibility index (Phi) is 12.2. The zero-order valence-corrected chi connectivity index (χ0v) is 40.2. The van der Waals surface area contributed by atoms with E-state index < -0.39 is 64.6 Å². The maximum absolute atomic E-state index is 4.51. The van der Waals surface area contributed by atoms with Crippen LogP contribution in [-0.2, 0) is 0 Å². The van der Waals surface area contributed by atoms with Crippen LogP contribution in [0.1, 0.15) is 0 Å². The Hall–Kier alpha value is 0.855. The zero-order valence-electron chi connectivity index (χ0n) is 32.2. The van der Waals surface area contributed by atoms with Crippen LogP contribution in [0, 0.1) is 23.7 Å². The molecular formula is C32H74Si8. The standard InChI is InChI=1S/C32H74Si8/c1-33(2,3)29(34(4,5)6)25-27-31(37(13,14)15,38(16,17)18)32(39(19,20)21,40(22,23)24)28-26-30(35(7,8)9)36(10,11)12/h29-30H,1-24H3. The molecule has 0 aliphatic carbocycles. The Bertz CT molecular complexity index is 854. The lowest BCUT2D eigenvalue weighted by Gasteiger charge is -2.66. The largest absolute Gasteiger partial charge is 0.106 e. The van der Waals surface area contributed by atoms with E-state index >= 15 is 0 Å². The fourth-order valence-electron chi connectivity index (χ4n) is 9.26. The van der Waals surface area contributed by atoms with Gasteiger partial charge in [0, 0.05) is 19.7 Å². The van der Waals surface area contributed by atoms with Gasteiger partial charge in [-0.05, 0) is 0 Å². The summed E-state index contributed by atoms with van der Waals surface area (Å²) in [5.74, 6) is 17.6. The van der Waals surface area contributed by atoms with Gasteiger partial charge in [-0.3, -0.25) is 0 Å². The lowest BCUT2D eigenvalue weighted by molar-refractivity contribution is 0.774. The van der Waals surface area contributed by atoms with Crippen LogP contribution in [0.25, 0.3) is 0 Å². The molecule has 234 valence electrons. The van der Waals surface area contributed by atoms with E-state index in [0.29, 0.717) is 10.3 Å². The van der Waals surface area contributed by atoms with Crippen molar-refractivity contribution in [1.29, 1.82) is 0 Å². The second-order valence-electron chi connectivity index (χ2n) is 21.4. The summed E-state index contributed by atoms with van der Waals surface area (Å²) in [4.78, 5) is 0. The molecule has 0 aliphatic rings. The lowest BCUT2D eigenvalue weighted by atomic mass is 10.2. The molecule has 0 radical (unpaired) electrons. The van der Waals surface area contributed by atoms with E-state index in [4.69, 9.17) is 0 Å². The fourth-order valence-corrected chi connectivity index (χ4v) is 65.6. The minimum atomic E-state index is -1.87. The first kappa shape index (κ1) is 40.9. The highest BCUT2D eigenvalue weighted by molar-refractivity contribution is 7.10. The molecule has 0 aromatic heterocycles. The van der Waals surface area contributed by atoms with Crippen molar-refractivity contribution in [2.24, 2.45) is 0 Å². The first-order valence-electron chi connectivity index (χ1n) is 16.0.